The quantitative estimate of drug-likeness (QED) is 0.856. The maximum atomic E-state index is 12.3. The SMILES string of the molecule is CCCc1ccc([C@H](C)NC(=O)N(C)Cc2ncc(C)[nH]2)cc1. The van der Waals surface area contributed by atoms with Gasteiger partial charge in [0.2, 0.25) is 0 Å². The topological polar surface area (TPSA) is 61.0 Å². The molecular formula is C18H26N4O. The van der Waals surface area contributed by atoms with Gasteiger partial charge < -0.3 is 15.2 Å². The van der Waals surface area contributed by atoms with Crippen LogP contribution >= 0.6 is 0 Å². The Morgan fingerprint density at radius 1 is 1.35 bits per heavy atom. The molecule has 1 aromatic carbocycles. The van der Waals surface area contributed by atoms with Gasteiger partial charge in [0.05, 0.1) is 12.6 Å². The molecule has 0 saturated heterocycles. The van der Waals surface area contributed by atoms with Crippen LogP contribution in [0.2, 0.25) is 0 Å². The number of carbonyl (C=O) groups is 1. The number of urea groups is 1. The van der Waals surface area contributed by atoms with Crippen molar-refractivity contribution in [2.75, 3.05) is 7.05 Å². The largest absolute Gasteiger partial charge is 0.345 e. The maximum Gasteiger partial charge on any atom is 0.318 e. The highest BCUT2D eigenvalue weighted by Crippen LogP contribution is 2.15. The minimum absolute atomic E-state index is 0.0287. The van der Waals surface area contributed by atoms with E-state index in [1.165, 1.54) is 5.56 Å². The lowest BCUT2D eigenvalue weighted by Crippen LogP contribution is -2.38. The summed E-state index contributed by atoms with van der Waals surface area (Å²) in [6.45, 7) is 6.58. The number of carbonyl (C=O) groups excluding carboxylic acids is 1. The van der Waals surface area contributed by atoms with Crippen molar-refractivity contribution in [3.8, 4) is 0 Å². The van der Waals surface area contributed by atoms with Crippen LogP contribution in [0.25, 0.3) is 0 Å². The summed E-state index contributed by atoms with van der Waals surface area (Å²) >= 11 is 0. The van der Waals surface area contributed by atoms with Crippen molar-refractivity contribution in [2.24, 2.45) is 0 Å². The lowest BCUT2D eigenvalue weighted by atomic mass is 10.0. The van der Waals surface area contributed by atoms with Gasteiger partial charge in [-0.25, -0.2) is 9.78 Å². The number of hydrogen-bond acceptors (Lipinski definition) is 2. The first-order chi connectivity index (χ1) is 11.0. The van der Waals surface area contributed by atoms with Crippen LogP contribution < -0.4 is 5.32 Å². The van der Waals surface area contributed by atoms with Gasteiger partial charge in [0.25, 0.3) is 0 Å². The van der Waals surface area contributed by atoms with E-state index in [1.54, 1.807) is 18.1 Å². The Balaban J connectivity index is 1.90. The van der Waals surface area contributed by atoms with E-state index < -0.39 is 0 Å². The second-order valence-corrected chi connectivity index (χ2v) is 6.03. The highest BCUT2D eigenvalue weighted by Gasteiger charge is 2.14. The van der Waals surface area contributed by atoms with Crippen LogP contribution in [-0.2, 0) is 13.0 Å². The van der Waals surface area contributed by atoms with E-state index in [0.29, 0.717) is 6.54 Å². The Kier molecular flexibility index (Phi) is 5.79. The summed E-state index contributed by atoms with van der Waals surface area (Å²) in [5, 5.41) is 3.02. The zero-order chi connectivity index (χ0) is 16.8. The molecule has 0 spiro atoms. The Labute approximate surface area is 138 Å². The lowest BCUT2D eigenvalue weighted by molar-refractivity contribution is 0.202. The molecule has 0 saturated carbocycles. The number of H-pyrrole nitrogens is 1. The van der Waals surface area contributed by atoms with Crippen molar-refractivity contribution in [2.45, 2.75) is 46.2 Å². The fraction of sp³-hybridized carbons (Fsp3) is 0.444. The molecule has 0 aliphatic heterocycles. The molecular weight excluding hydrogens is 288 g/mol. The number of rotatable bonds is 6. The summed E-state index contributed by atoms with van der Waals surface area (Å²) in [6.07, 6.45) is 4.00. The molecule has 5 heteroatoms. The van der Waals surface area contributed by atoms with Crippen LogP contribution in [0.1, 0.15) is 49.0 Å². The summed E-state index contributed by atoms with van der Waals surface area (Å²) in [6, 6.07) is 8.31. The third-order valence-electron chi connectivity index (χ3n) is 3.85. The molecule has 1 atom stereocenters. The summed E-state index contributed by atoms with van der Waals surface area (Å²) in [7, 11) is 1.77. The standard InChI is InChI=1S/C18H26N4O/c1-5-6-15-7-9-16(10-8-15)14(3)21-18(23)22(4)12-17-19-11-13(2)20-17/h7-11,14H,5-6,12H2,1-4H3,(H,19,20)(H,21,23)/t14-/m0/s1. The van der Waals surface area contributed by atoms with E-state index in [1.807, 2.05) is 13.8 Å². The van der Waals surface area contributed by atoms with E-state index in [2.05, 4.69) is 46.5 Å². The van der Waals surface area contributed by atoms with E-state index in [0.717, 1.165) is 29.9 Å². The Morgan fingerprint density at radius 2 is 2.04 bits per heavy atom. The molecule has 0 aliphatic rings. The Morgan fingerprint density at radius 3 is 2.61 bits per heavy atom. The zero-order valence-electron chi connectivity index (χ0n) is 14.4. The molecule has 0 radical (unpaired) electrons. The molecule has 0 aliphatic carbocycles. The van der Waals surface area contributed by atoms with Crippen molar-refractivity contribution in [3.05, 3.63) is 53.1 Å². The van der Waals surface area contributed by atoms with Gasteiger partial charge in [0.15, 0.2) is 0 Å². The molecule has 1 heterocycles. The van der Waals surface area contributed by atoms with Crippen molar-refractivity contribution in [1.82, 2.24) is 20.2 Å². The molecule has 1 aromatic heterocycles. The number of aromatic nitrogens is 2. The molecule has 124 valence electrons. The summed E-state index contributed by atoms with van der Waals surface area (Å²) in [4.78, 5) is 21.3. The van der Waals surface area contributed by atoms with Crippen LogP contribution in [0.3, 0.4) is 0 Å². The maximum absolute atomic E-state index is 12.3. The lowest BCUT2D eigenvalue weighted by Gasteiger charge is -2.21. The summed E-state index contributed by atoms with van der Waals surface area (Å²) in [5.74, 6) is 0.789. The van der Waals surface area contributed by atoms with Gasteiger partial charge >= 0.3 is 6.03 Å². The Bertz CT molecular complexity index is 633. The van der Waals surface area contributed by atoms with Crippen molar-refractivity contribution >= 4 is 6.03 Å². The molecule has 0 bridgehead atoms. The predicted octanol–water partition coefficient (Wildman–Crippen LogP) is 3.57. The second kappa shape index (κ2) is 7.81. The van der Waals surface area contributed by atoms with Gasteiger partial charge in [-0.1, -0.05) is 37.6 Å². The molecule has 2 amide bonds. The van der Waals surface area contributed by atoms with Crippen molar-refractivity contribution in [1.29, 1.82) is 0 Å². The van der Waals surface area contributed by atoms with Crippen molar-refractivity contribution < 1.29 is 4.79 Å². The first kappa shape index (κ1) is 17.1. The van der Waals surface area contributed by atoms with Gasteiger partial charge in [-0.3, -0.25) is 0 Å². The van der Waals surface area contributed by atoms with Gasteiger partial charge in [-0.05, 0) is 31.4 Å². The van der Waals surface area contributed by atoms with Gasteiger partial charge in [0.1, 0.15) is 5.82 Å². The third-order valence-corrected chi connectivity index (χ3v) is 3.85. The summed E-state index contributed by atoms with van der Waals surface area (Å²) < 4.78 is 0. The highest BCUT2D eigenvalue weighted by atomic mass is 16.2. The van der Waals surface area contributed by atoms with Crippen molar-refractivity contribution in [3.63, 3.8) is 0 Å². The van der Waals surface area contributed by atoms with Crippen LogP contribution in [0.4, 0.5) is 4.79 Å². The average Bonchev–Trinajstić information content (AvgIpc) is 2.93. The monoisotopic (exact) mass is 314 g/mol. The number of aryl methyl sites for hydroxylation is 2. The number of benzene rings is 1. The molecule has 23 heavy (non-hydrogen) atoms. The number of amides is 2. The van der Waals surface area contributed by atoms with Gasteiger partial charge in [-0.2, -0.15) is 0 Å². The third kappa shape index (κ3) is 4.84. The van der Waals surface area contributed by atoms with Gasteiger partial charge in [-0.15, -0.1) is 0 Å². The Hall–Kier alpha value is -2.30. The number of nitrogens with zero attached hydrogens (tertiary/aromatic N) is 2. The molecule has 5 nitrogen and oxygen atoms in total. The van der Waals surface area contributed by atoms with Crippen LogP contribution in [-0.4, -0.2) is 27.9 Å². The fourth-order valence-corrected chi connectivity index (χ4v) is 2.48. The predicted molar refractivity (Wildman–Crippen MR) is 92.2 cm³/mol. The first-order valence-electron chi connectivity index (χ1n) is 8.10. The smallest absolute Gasteiger partial charge is 0.318 e. The van der Waals surface area contributed by atoms with E-state index in [4.69, 9.17) is 0 Å². The number of nitrogens with one attached hydrogen (secondary N) is 2. The second-order valence-electron chi connectivity index (χ2n) is 6.03. The molecule has 0 unspecified atom stereocenters. The van der Waals surface area contributed by atoms with E-state index >= 15 is 0 Å². The number of aromatic amines is 1. The van der Waals surface area contributed by atoms with Crippen LogP contribution in [0, 0.1) is 6.92 Å². The van der Waals surface area contributed by atoms with Crippen LogP contribution in [0.5, 0.6) is 0 Å². The van der Waals surface area contributed by atoms with Gasteiger partial charge in [0, 0.05) is 18.9 Å². The first-order valence-corrected chi connectivity index (χ1v) is 8.10. The molecule has 2 rings (SSSR count). The minimum atomic E-state index is -0.107. The molecule has 0 fully saturated rings. The normalized spacial score (nSPS) is 12.0. The fourth-order valence-electron chi connectivity index (χ4n) is 2.48. The molecule has 2 aromatic rings. The van der Waals surface area contributed by atoms with E-state index in [9.17, 15) is 4.79 Å². The average molecular weight is 314 g/mol. The number of hydrogen-bond donors (Lipinski definition) is 2. The van der Waals surface area contributed by atoms with E-state index in [-0.39, 0.29) is 12.1 Å². The minimum Gasteiger partial charge on any atom is -0.345 e. The number of imidazole rings is 1. The summed E-state index contributed by atoms with van der Waals surface area (Å²) in [5.41, 5.74) is 3.44. The zero-order valence-corrected chi connectivity index (χ0v) is 14.4. The molecule has 2 N–H and O–H groups in total. The highest BCUT2D eigenvalue weighted by molar-refractivity contribution is 5.74. The van der Waals surface area contributed by atoms with Crippen LogP contribution in [0.15, 0.2) is 30.5 Å².